The maximum atomic E-state index is 11.9. The van der Waals surface area contributed by atoms with Crippen molar-refractivity contribution in [2.75, 3.05) is 6.61 Å². The van der Waals surface area contributed by atoms with E-state index >= 15 is 0 Å². The molecule has 0 bridgehead atoms. The highest BCUT2D eigenvalue weighted by atomic mass is 32.5. The highest BCUT2D eigenvalue weighted by molar-refractivity contribution is 8.09. The number of nitrogens with zero attached hydrogens (tertiary/aromatic N) is 1. The van der Waals surface area contributed by atoms with Gasteiger partial charge >= 0.3 is 28.1 Å². The zero-order valence-electron chi connectivity index (χ0n) is 14.7. The fraction of sp³-hybridized carbons (Fsp3) is 0.600. The van der Waals surface area contributed by atoms with Crippen LogP contribution in [0.15, 0.2) is 15.8 Å². The lowest BCUT2D eigenvalue weighted by molar-refractivity contribution is -0.0225. The number of ether oxygens (including phenoxy) is 1. The summed E-state index contributed by atoms with van der Waals surface area (Å²) < 4.78 is 41.0. The van der Waals surface area contributed by atoms with Gasteiger partial charge in [0.25, 0.3) is 5.56 Å². The zero-order chi connectivity index (χ0) is 23.1. The van der Waals surface area contributed by atoms with Crippen molar-refractivity contribution in [2.45, 2.75) is 24.4 Å². The summed E-state index contributed by atoms with van der Waals surface area (Å²) in [4.78, 5) is 61.4. The maximum Gasteiger partial charge on any atom is 0.479 e. The van der Waals surface area contributed by atoms with Crippen LogP contribution in [0.2, 0.25) is 0 Å². The van der Waals surface area contributed by atoms with Crippen LogP contribution < -0.4 is 11.2 Å². The van der Waals surface area contributed by atoms with Crippen LogP contribution in [-0.2, 0) is 45.9 Å². The number of H-pyrrole nitrogens is 1. The average Bonchev–Trinajstić information content (AvgIpc) is 2.81. The number of phosphoric ester groups is 1. The molecule has 6 atom stereocenters. The van der Waals surface area contributed by atoms with Crippen LogP contribution in [0.25, 0.3) is 0 Å². The number of rotatable bonds is 8. The Morgan fingerprint density at radius 3 is 2.33 bits per heavy atom. The fourth-order valence-corrected chi connectivity index (χ4v) is 6.97. The topological polar surface area (TPSA) is 247 Å². The minimum absolute atomic E-state index is 0.226. The van der Waals surface area contributed by atoms with Crippen LogP contribution in [0.3, 0.4) is 0 Å². The largest absolute Gasteiger partial charge is 0.479 e. The SMILES string of the molecule is Cn1cc([C@@H]2O[C@H](COP(=O)(O)OP(O)(=S)OP(=O)(O)O)[C@@H](O)[C@H]2O)c(=O)[nH]c1=O. The smallest absolute Gasteiger partial charge is 0.387 e. The molecule has 1 fully saturated rings. The summed E-state index contributed by atoms with van der Waals surface area (Å²) in [6.07, 6.45) is -5.30. The van der Waals surface area contributed by atoms with Crippen molar-refractivity contribution in [2.24, 2.45) is 7.05 Å². The third-order valence-electron chi connectivity index (χ3n) is 3.62. The first-order chi connectivity index (χ1) is 13.5. The number of aliphatic hydroxyl groups excluding tert-OH is 2. The van der Waals surface area contributed by atoms with Gasteiger partial charge in [-0.25, -0.2) is 22.5 Å². The van der Waals surface area contributed by atoms with Crippen LogP contribution >= 0.6 is 22.4 Å². The molecule has 0 radical (unpaired) electrons. The van der Waals surface area contributed by atoms with Crippen molar-refractivity contribution in [3.63, 3.8) is 0 Å². The molecule has 172 valence electrons. The molecular weight excluding hydrogens is 497 g/mol. The molecule has 1 aliphatic rings. The third kappa shape index (κ3) is 6.69. The molecule has 0 aromatic carbocycles. The van der Waals surface area contributed by atoms with Gasteiger partial charge in [-0.3, -0.25) is 14.3 Å². The molecule has 16 nitrogen and oxygen atoms in total. The number of phosphoric acid groups is 2. The zero-order valence-corrected chi connectivity index (χ0v) is 18.2. The predicted molar refractivity (Wildman–Crippen MR) is 98.4 cm³/mol. The molecule has 0 aliphatic carbocycles. The van der Waals surface area contributed by atoms with Gasteiger partial charge in [0.1, 0.15) is 24.4 Å². The predicted octanol–water partition coefficient (Wildman–Crippen LogP) is -2.31. The Morgan fingerprint density at radius 1 is 1.17 bits per heavy atom. The van der Waals surface area contributed by atoms with Gasteiger partial charge in [0.2, 0.25) is 0 Å². The van der Waals surface area contributed by atoms with Gasteiger partial charge in [0, 0.05) is 13.2 Å². The van der Waals surface area contributed by atoms with E-state index in [0.717, 1.165) is 10.8 Å². The Morgan fingerprint density at radius 2 is 1.77 bits per heavy atom. The van der Waals surface area contributed by atoms with E-state index in [1.807, 2.05) is 4.98 Å². The van der Waals surface area contributed by atoms with Crippen LogP contribution in [0.1, 0.15) is 11.7 Å². The summed E-state index contributed by atoms with van der Waals surface area (Å²) in [7, 11) is -9.33. The molecule has 0 spiro atoms. The van der Waals surface area contributed by atoms with Gasteiger partial charge in [0.15, 0.2) is 0 Å². The number of nitrogens with one attached hydrogen (secondary N) is 1. The molecule has 20 heteroatoms. The summed E-state index contributed by atoms with van der Waals surface area (Å²) in [5.74, 6) is 0. The Bertz CT molecular complexity index is 1050. The lowest BCUT2D eigenvalue weighted by Crippen LogP contribution is -2.35. The molecule has 0 amide bonds. The number of hydrogen-bond donors (Lipinski definition) is 7. The van der Waals surface area contributed by atoms with Crippen LogP contribution in [0.4, 0.5) is 0 Å². The minimum atomic E-state index is -5.36. The number of aromatic nitrogens is 2. The number of aliphatic hydroxyl groups is 2. The number of hydrogen-bond acceptors (Lipinski definition) is 11. The quantitative estimate of drug-likeness (QED) is 0.180. The highest BCUT2D eigenvalue weighted by Crippen LogP contribution is 2.66. The van der Waals surface area contributed by atoms with Crippen molar-refractivity contribution in [1.82, 2.24) is 9.55 Å². The second-order valence-electron chi connectivity index (χ2n) is 5.92. The summed E-state index contributed by atoms with van der Waals surface area (Å²) in [6.45, 7) is -5.85. The number of aromatic amines is 1. The van der Waals surface area contributed by atoms with Gasteiger partial charge in [-0.2, -0.15) is 0 Å². The summed E-state index contributed by atoms with van der Waals surface area (Å²) in [6, 6.07) is 0. The molecule has 1 saturated heterocycles. The average molecular weight is 514 g/mol. The van der Waals surface area contributed by atoms with Crippen LogP contribution in [0.5, 0.6) is 0 Å². The molecule has 1 aliphatic heterocycles. The normalized spacial score (nSPS) is 28.8. The Balaban J connectivity index is 2.09. The lowest BCUT2D eigenvalue weighted by Gasteiger charge is -2.20. The fourth-order valence-electron chi connectivity index (χ4n) is 2.40. The maximum absolute atomic E-state index is 11.9. The van der Waals surface area contributed by atoms with E-state index in [9.17, 15) is 38.7 Å². The van der Waals surface area contributed by atoms with Gasteiger partial charge < -0.3 is 39.1 Å². The molecule has 2 rings (SSSR count). The van der Waals surface area contributed by atoms with Crippen molar-refractivity contribution in [3.8, 4) is 0 Å². The first-order valence-electron chi connectivity index (χ1n) is 7.61. The van der Waals surface area contributed by atoms with Crippen molar-refractivity contribution in [3.05, 3.63) is 32.6 Å². The number of aryl methyl sites for hydroxylation is 1. The molecule has 1 aromatic heterocycles. The first-order valence-corrected chi connectivity index (χ1v) is 13.2. The highest BCUT2D eigenvalue weighted by Gasteiger charge is 2.46. The van der Waals surface area contributed by atoms with Crippen LogP contribution in [0, 0.1) is 0 Å². The Hall–Kier alpha value is -0.610. The molecule has 0 saturated carbocycles. The Labute approximate surface area is 171 Å². The van der Waals surface area contributed by atoms with E-state index in [4.69, 9.17) is 14.5 Å². The monoisotopic (exact) mass is 514 g/mol. The lowest BCUT2D eigenvalue weighted by atomic mass is 10.0. The summed E-state index contributed by atoms with van der Waals surface area (Å²) in [5.41, 5.74) is -1.87. The summed E-state index contributed by atoms with van der Waals surface area (Å²) >= 11 is 4.18. The van der Waals surface area contributed by atoms with E-state index in [1.165, 1.54) is 7.05 Å². The van der Waals surface area contributed by atoms with Crippen LogP contribution in [-0.4, -0.2) is 64.3 Å². The molecular formula is C10H17N2O14P3S. The second-order valence-corrected chi connectivity index (χ2v) is 11.7. The van der Waals surface area contributed by atoms with E-state index in [-0.39, 0.29) is 5.56 Å². The second kappa shape index (κ2) is 9.10. The van der Waals surface area contributed by atoms with Gasteiger partial charge in [-0.05, 0) is 11.8 Å². The van der Waals surface area contributed by atoms with E-state index in [0.29, 0.717) is 0 Å². The minimum Gasteiger partial charge on any atom is -0.387 e. The van der Waals surface area contributed by atoms with Crippen molar-refractivity contribution in [1.29, 1.82) is 0 Å². The Kier molecular flexibility index (Phi) is 7.78. The molecule has 30 heavy (non-hydrogen) atoms. The molecule has 2 heterocycles. The standard InChI is InChI=1S/C10H17N2O14P3S/c1-12-2-4(9(15)11-10(12)16)8-7(14)6(13)5(24-8)3-23-28(20,21)26-29(22,30)25-27(17,18)19/h2,5-8,13-14H,3H2,1H3,(H,20,21)(H,22,30)(H,11,15,16)(H2,17,18,19)/t5-,6-,7-,8+,29?/m1/s1. The first kappa shape index (κ1) is 25.6. The van der Waals surface area contributed by atoms with Crippen molar-refractivity contribution >= 4 is 34.2 Å². The van der Waals surface area contributed by atoms with E-state index < -0.39 is 64.6 Å². The van der Waals surface area contributed by atoms with Gasteiger partial charge in [-0.1, -0.05) is 0 Å². The van der Waals surface area contributed by atoms with E-state index in [1.54, 1.807) is 0 Å². The third-order valence-corrected chi connectivity index (χ3v) is 8.63. The van der Waals surface area contributed by atoms with Gasteiger partial charge in [0.05, 0.1) is 12.2 Å². The van der Waals surface area contributed by atoms with Gasteiger partial charge in [-0.15, -0.1) is 0 Å². The summed E-state index contributed by atoms with van der Waals surface area (Å²) in [5, 5.41) is 20.2. The van der Waals surface area contributed by atoms with E-state index in [2.05, 4.69) is 25.0 Å². The molecule has 1 aromatic rings. The van der Waals surface area contributed by atoms with Crippen molar-refractivity contribution < 1.29 is 56.8 Å². The molecule has 2 unspecified atom stereocenters. The molecule has 7 N–H and O–H groups in total.